The van der Waals surface area contributed by atoms with Crippen LogP contribution in [-0.4, -0.2) is 68.6 Å². The first-order valence-corrected chi connectivity index (χ1v) is 12.6. The molecule has 0 spiro atoms. The minimum absolute atomic E-state index is 0.0150. The third kappa shape index (κ3) is 4.20. The van der Waals surface area contributed by atoms with Crippen LogP contribution in [0.4, 0.5) is 10.6 Å². The first kappa shape index (κ1) is 23.5. The fourth-order valence-corrected chi connectivity index (χ4v) is 5.02. The van der Waals surface area contributed by atoms with Gasteiger partial charge in [-0.15, -0.1) is 0 Å². The van der Waals surface area contributed by atoms with Crippen LogP contribution < -0.4 is 21.1 Å². The fraction of sp³-hybridized carbons (Fsp3) is 0.480. The molecule has 5 heterocycles. The highest BCUT2D eigenvalue weighted by molar-refractivity contribution is 5.98. The summed E-state index contributed by atoms with van der Waals surface area (Å²) < 4.78 is 8.30. The molecule has 12 nitrogen and oxygen atoms in total. The SMILES string of the molecule is CC1(Cn2c(=O)c(C(=O)NC3CC3)c(O)n3nc(-c4cccnc4N4CCNC4=O)cc23)CCOCC1. The van der Waals surface area contributed by atoms with Crippen LogP contribution in [0.15, 0.2) is 29.2 Å². The summed E-state index contributed by atoms with van der Waals surface area (Å²) in [5, 5.41) is 21.3. The molecule has 3 fully saturated rings. The van der Waals surface area contributed by atoms with Crippen molar-refractivity contribution in [3.8, 4) is 17.1 Å². The Kier molecular flexibility index (Phi) is 5.63. The minimum Gasteiger partial charge on any atom is -0.492 e. The van der Waals surface area contributed by atoms with Gasteiger partial charge in [-0.2, -0.15) is 9.61 Å². The molecule has 0 bridgehead atoms. The lowest BCUT2D eigenvalue weighted by Crippen LogP contribution is -2.39. The predicted octanol–water partition coefficient (Wildman–Crippen LogP) is 1.50. The maximum Gasteiger partial charge on any atom is 0.323 e. The summed E-state index contributed by atoms with van der Waals surface area (Å²) in [5.41, 5.74) is 0.226. The summed E-state index contributed by atoms with van der Waals surface area (Å²) in [4.78, 5) is 45.1. The number of nitrogens with zero attached hydrogens (tertiary/aromatic N) is 5. The smallest absolute Gasteiger partial charge is 0.323 e. The number of ether oxygens (including phenoxy) is 1. The summed E-state index contributed by atoms with van der Waals surface area (Å²) in [6.45, 7) is 4.58. The summed E-state index contributed by atoms with van der Waals surface area (Å²) >= 11 is 0. The maximum absolute atomic E-state index is 13.7. The molecule has 3 N–H and O–H groups in total. The lowest BCUT2D eigenvalue weighted by atomic mass is 9.82. The largest absolute Gasteiger partial charge is 0.492 e. The number of carbonyl (C=O) groups excluding carboxylic acids is 2. The molecule has 2 aliphatic heterocycles. The molecule has 1 aliphatic carbocycles. The monoisotopic (exact) mass is 507 g/mol. The summed E-state index contributed by atoms with van der Waals surface area (Å²) in [5.74, 6) is -0.690. The molecule has 3 aliphatic rings. The van der Waals surface area contributed by atoms with E-state index in [1.807, 2.05) is 0 Å². The molecule has 0 radical (unpaired) electrons. The summed E-state index contributed by atoms with van der Waals surface area (Å²) in [6, 6.07) is 4.98. The van der Waals surface area contributed by atoms with Crippen molar-refractivity contribution in [3.63, 3.8) is 0 Å². The number of nitrogens with one attached hydrogen (secondary N) is 2. The summed E-state index contributed by atoms with van der Waals surface area (Å²) in [6.07, 6.45) is 4.81. The van der Waals surface area contributed by atoms with Crippen LogP contribution in [-0.2, 0) is 11.3 Å². The standard InChI is InChI=1S/C25H29N7O5/c1-25(6-11-37-12-7-25)14-31-18-13-17(16-3-2-8-26-20(16)30-10-9-27-24(30)36)29-32(18)23(35)19(22(31)34)21(33)28-15-4-5-15/h2-3,8,13,15,35H,4-7,9-12,14H2,1H3,(H,27,36)(H,28,33). The van der Waals surface area contributed by atoms with Crippen molar-refractivity contribution < 1.29 is 19.4 Å². The highest BCUT2D eigenvalue weighted by Crippen LogP contribution is 2.34. The normalized spacial score (nSPS) is 19.3. The van der Waals surface area contributed by atoms with Gasteiger partial charge in [-0.25, -0.2) is 9.78 Å². The molecule has 37 heavy (non-hydrogen) atoms. The summed E-state index contributed by atoms with van der Waals surface area (Å²) in [7, 11) is 0. The number of hydrogen-bond acceptors (Lipinski definition) is 7. The lowest BCUT2D eigenvalue weighted by Gasteiger charge is -2.34. The van der Waals surface area contributed by atoms with Crippen LogP contribution in [0.5, 0.6) is 5.88 Å². The van der Waals surface area contributed by atoms with Crippen molar-refractivity contribution >= 4 is 23.4 Å². The Morgan fingerprint density at radius 1 is 1.30 bits per heavy atom. The lowest BCUT2D eigenvalue weighted by molar-refractivity contribution is 0.0154. The van der Waals surface area contributed by atoms with E-state index in [4.69, 9.17) is 4.74 Å². The molecule has 0 atom stereocenters. The zero-order chi connectivity index (χ0) is 25.7. The number of carbonyl (C=O) groups is 2. The number of rotatable bonds is 6. The van der Waals surface area contributed by atoms with Gasteiger partial charge in [0.05, 0.1) is 5.69 Å². The highest BCUT2D eigenvalue weighted by Gasteiger charge is 2.34. The van der Waals surface area contributed by atoms with E-state index in [1.54, 1.807) is 24.4 Å². The molecule has 12 heteroatoms. The number of pyridine rings is 1. The van der Waals surface area contributed by atoms with Crippen LogP contribution in [0.3, 0.4) is 0 Å². The van der Waals surface area contributed by atoms with E-state index >= 15 is 0 Å². The van der Waals surface area contributed by atoms with Gasteiger partial charge in [0, 0.05) is 56.7 Å². The third-order valence-corrected chi connectivity index (χ3v) is 7.40. The Bertz CT molecular complexity index is 1450. The third-order valence-electron chi connectivity index (χ3n) is 7.40. The number of hydrogen-bond donors (Lipinski definition) is 3. The average molecular weight is 508 g/mol. The number of anilines is 1. The topological polar surface area (TPSA) is 143 Å². The van der Waals surface area contributed by atoms with Crippen LogP contribution in [0.1, 0.15) is 43.0 Å². The van der Waals surface area contributed by atoms with E-state index < -0.39 is 17.3 Å². The van der Waals surface area contributed by atoms with Gasteiger partial charge in [0.2, 0.25) is 5.88 Å². The molecule has 6 rings (SSSR count). The van der Waals surface area contributed by atoms with Crippen molar-refractivity contribution in [3.05, 3.63) is 40.3 Å². The van der Waals surface area contributed by atoms with Gasteiger partial charge in [0.25, 0.3) is 11.5 Å². The quantitative estimate of drug-likeness (QED) is 0.459. The highest BCUT2D eigenvalue weighted by atomic mass is 16.5. The molecule has 3 aromatic heterocycles. The zero-order valence-electron chi connectivity index (χ0n) is 20.6. The molecule has 3 amide bonds. The Hall–Kier alpha value is -3.93. The molecular weight excluding hydrogens is 478 g/mol. The van der Waals surface area contributed by atoms with Crippen molar-refractivity contribution in [2.45, 2.75) is 45.2 Å². The molecule has 194 valence electrons. The molecule has 1 saturated carbocycles. The Morgan fingerprint density at radius 2 is 2.08 bits per heavy atom. The molecule has 0 aromatic carbocycles. The molecule has 3 aromatic rings. The van der Waals surface area contributed by atoms with Crippen LogP contribution >= 0.6 is 0 Å². The van der Waals surface area contributed by atoms with Gasteiger partial charge in [0.1, 0.15) is 11.5 Å². The van der Waals surface area contributed by atoms with Crippen molar-refractivity contribution in [1.82, 2.24) is 29.8 Å². The maximum atomic E-state index is 13.7. The van der Waals surface area contributed by atoms with Gasteiger partial charge in [-0.3, -0.25) is 19.1 Å². The number of aromatic hydroxyl groups is 1. The van der Waals surface area contributed by atoms with E-state index in [1.165, 1.54) is 14.0 Å². The van der Waals surface area contributed by atoms with Gasteiger partial charge >= 0.3 is 6.03 Å². The van der Waals surface area contributed by atoms with E-state index in [2.05, 4.69) is 27.6 Å². The first-order valence-electron chi connectivity index (χ1n) is 12.6. The molecule has 2 saturated heterocycles. The average Bonchev–Trinajstić information content (AvgIpc) is 3.41. The number of fused-ring (bicyclic) bond motifs is 1. The Labute approximate surface area is 212 Å². The van der Waals surface area contributed by atoms with Crippen molar-refractivity contribution in [2.75, 3.05) is 31.2 Å². The van der Waals surface area contributed by atoms with Gasteiger partial charge in [0.15, 0.2) is 5.56 Å². The van der Waals surface area contributed by atoms with Gasteiger partial charge in [-0.05, 0) is 43.2 Å². The van der Waals surface area contributed by atoms with Gasteiger partial charge < -0.3 is 20.5 Å². The predicted molar refractivity (Wildman–Crippen MR) is 134 cm³/mol. The van der Waals surface area contributed by atoms with Crippen LogP contribution in [0.2, 0.25) is 0 Å². The first-order chi connectivity index (χ1) is 17.8. The van der Waals surface area contributed by atoms with Crippen LogP contribution in [0.25, 0.3) is 16.9 Å². The van der Waals surface area contributed by atoms with Crippen molar-refractivity contribution in [1.29, 1.82) is 0 Å². The van der Waals surface area contributed by atoms with E-state index in [0.29, 0.717) is 55.6 Å². The number of amides is 3. The van der Waals surface area contributed by atoms with Crippen LogP contribution in [0, 0.1) is 5.41 Å². The molecular formula is C25H29N7O5. The number of urea groups is 1. The fourth-order valence-electron chi connectivity index (χ4n) is 5.02. The zero-order valence-corrected chi connectivity index (χ0v) is 20.6. The van der Waals surface area contributed by atoms with E-state index in [9.17, 15) is 19.5 Å². The Balaban J connectivity index is 1.52. The van der Waals surface area contributed by atoms with Gasteiger partial charge in [-0.1, -0.05) is 6.92 Å². The van der Waals surface area contributed by atoms with E-state index in [0.717, 1.165) is 25.7 Å². The van der Waals surface area contributed by atoms with Crippen molar-refractivity contribution in [2.24, 2.45) is 5.41 Å². The molecule has 0 unspecified atom stereocenters. The van der Waals surface area contributed by atoms with E-state index in [-0.39, 0.29) is 23.1 Å². The second kappa shape index (κ2) is 8.87. The second-order valence-corrected chi connectivity index (χ2v) is 10.3. The minimum atomic E-state index is -0.606. The second-order valence-electron chi connectivity index (χ2n) is 10.3. The number of aromatic nitrogens is 4. The Morgan fingerprint density at radius 3 is 2.78 bits per heavy atom.